The third kappa shape index (κ3) is 4.83. The monoisotopic (exact) mass is 528 g/mol. The molecule has 0 unspecified atom stereocenters. The van der Waals surface area contributed by atoms with Gasteiger partial charge in [0.05, 0.1) is 20.8 Å². The van der Waals surface area contributed by atoms with Crippen LogP contribution in [0.4, 0.5) is 16.5 Å². The van der Waals surface area contributed by atoms with E-state index in [-0.39, 0.29) is 5.69 Å². The molecule has 3 aromatic carbocycles. The maximum atomic E-state index is 11.0. The summed E-state index contributed by atoms with van der Waals surface area (Å²) in [7, 11) is 0. The number of halogens is 1. The zero-order valence-electron chi connectivity index (χ0n) is 15.3. The molecule has 0 radical (unpaired) electrons. The lowest BCUT2D eigenvalue weighted by Crippen LogP contribution is -2.01. The van der Waals surface area contributed by atoms with E-state index in [1.54, 1.807) is 12.1 Å². The molecule has 0 aliphatic rings. The Kier molecular flexibility index (Phi) is 6.05. The van der Waals surface area contributed by atoms with E-state index in [1.807, 2.05) is 48.5 Å². The number of nitrogens with zero attached hydrogens (tertiary/aromatic N) is 5. The molecule has 1 heterocycles. The van der Waals surface area contributed by atoms with Crippen LogP contribution >= 0.6 is 33.9 Å². The number of fused-ring (bicyclic) bond motifs is 1. The van der Waals surface area contributed by atoms with E-state index < -0.39 is 4.92 Å². The summed E-state index contributed by atoms with van der Waals surface area (Å²) in [5.74, 6) is 0.331. The predicted octanol–water partition coefficient (Wildman–Crippen LogP) is 6.37. The summed E-state index contributed by atoms with van der Waals surface area (Å²) in [5.41, 5.74) is 4.89. The summed E-state index contributed by atoms with van der Waals surface area (Å²) in [6.45, 7) is 0. The number of hydrazone groups is 1. The highest BCUT2D eigenvalue weighted by atomic mass is 127. The van der Waals surface area contributed by atoms with Gasteiger partial charge in [-0.25, -0.2) is 4.98 Å². The molecule has 8 nitrogen and oxygen atoms in total. The highest BCUT2D eigenvalue weighted by Crippen LogP contribution is 2.26. The van der Waals surface area contributed by atoms with Crippen molar-refractivity contribution in [1.82, 2.24) is 4.98 Å². The van der Waals surface area contributed by atoms with Crippen LogP contribution in [-0.4, -0.2) is 15.7 Å². The number of aromatic nitrogens is 1. The summed E-state index contributed by atoms with van der Waals surface area (Å²) in [5, 5.41) is 24.3. The Morgan fingerprint density at radius 2 is 1.87 bits per heavy atom. The first-order chi connectivity index (χ1) is 14.6. The number of nitro groups is 1. The van der Waals surface area contributed by atoms with Gasteiger partial charge in [0.25, 0.3) is 5.69 Å². The van der Waals surface area contributed by atoms with Crippen molar-refractivity contribution in [3.05, 3.63) is 92.0 Å². The van der Waals surface area contributed by atoms with E-state index in [4.69, 9.17) is 0 Å². The minimum atomic E-state index is -0.470. The van der Waals surface area contributed by atoms with E-state index in [2.05, 4.69) is 48.3 Å². The lowest BCUT2D eigenvalue weighted by Gasteiger charge is -2.02. The van der Waals surface area contributed by atoms with Gasteiger partial charge in [0.15, 0.2) is 0 Å². The van der Waals surface area contributed by atoms with Crippen LogP contribution in [0.3, 0.4) is 0 Å². The van der Waals surface area contributed by atoms with E-state index in [9.17, 15) is 10.1 Å². The molecule has 1 N–H and O–H groups in total. The van der Waals surface area contributed by atoms with Crippen LogP contribution < -0.4 is 5.43 Å². The number of hydrogen-bond acceptors (Lipinski definition) is 7. The van der Waals surface area contributed by atoms with Crippen molar-refractivity contribution in [3.63, 3.8) is 0 Å². The summed E-state index contributed by atoms with van der Waals surface area (Å²) < 4.78 is 2.12. The SMILES string of the molecule is O=[N+]([O-])c1cccc(N=NC(=NNc2nc3ccccc3s2)c2ccc(I)cc2)c1. The number of hydrogen-bond donors (Lipinski definition) is 1. The van der Waals surface area contributed by atoms with Crippen molar-refractivity contribution in [2.45, 2.75) is 0 Å². The first-order valence-electron chi connectivity index (χ1n) is 8.70. The Morgan fingerprint density at radius 3 is 2.63 bits per heavy atom. The second-order valence-electron chi connectivity index (χ2n) is 6.02. The first kappa shape index (κ1) is 20.0. The normalized spacial score (nSPS) is 11.8. The molecule has 0 spiro atoms. The predicted molar refractivity (Wildman–Crippen MR) is 127 cm³/mol. The second-order valence-corrected chi connectivity index (χ2v) is 8.29. The molecule has 0 saturated heterocycles. The molecular weight excluding hydrogens is 515 g/mol. The molecule has 4 rings (SSSR count). The summed E-state index contributed by atoms with van der Waals surface area (Å²) >= 11 is 3.70. The van der Waals surface area contributed by atoms with Crippen LogP contribution in [0.15, 0.2) is 88.1 Å². The van der Waals surface area contributed by atoms with Crippen LogP contribution in [-0.2, 0) is 0 Å². The zero-order valence-corrected chi connectivity index (χ0v) is 18.2. The van der Waals surface area contributed by atoms with Crippen molar-refractivity contribution in [1.29, 1.82) is 0 Å². The number of nitro benzene ring substituents is 1. The summed E-state index contributed by atoms with van der Waals surface area (Å²) in [4.78, 5) is 15.0. The Bertz CT molecular complexity index is 1240. The second kappa shape index (κ2) is 9.05. The van der Waals surface area contributed by atoms with Gasteiger partial charge in [-0.1, -0.05) is 41.7 Å². The van der Waals surface area contributed by atoms with Crippen LogP contribution in [0.1, 0.15) is 5.56 Å². The molecule has 148 valence electrons. The molecular formula is C20H13IN6O2S. The average molecular weight is 528 g/mol. The maximum absolute atomic E-state index is 11.0. The Labute approximate surface area is 188 Å². The van der Waals surface area contributed by atoms with Crippen molar-refractivity contribution in [3.8, 4) is 0 Å². The number of non-ortho nitro benzene ring substituents is 1. The number of anilines is 1. The van der Waals surface area contributed by atoms with Gasteiger partial charge in [-0.05, 0) is 52.9 Å². The smallest absolute Gasteiger partial charge is 0.258 e. The molecule has 0 fully saturated rings. The van der Waals surface area contributed by atoms with Crippen molar-refractivity contribution in [2.24, 2.45) is 15.3 Å². The van der Waals surface area contributed by atoms with Gasteiger partial charge in [0.2, 0.25) is 11.0 Å². The van der Waals surface area contributed by atoms with Crippen molar-refractivity contribution >= 4 is 66.5 Å². The van der Waals surface area contributed by atoms with Crippen molar-refractivity contribution in [2.75, 3.05) is 5.43 Å². The first-order valence-corrected chi connectivity index (χ1v) is 10.6. The van der Waals surface area contributed by atoms with Gasteiger partial charge in [-0.15, -0.1) is 10.2 Å². The lowest BCUT2D eigenvalue weighted by molar-refractivity contribution is -0.384. The van der Waals surface area contributed by atoms with E-state index >= 15 is 0 Å². The Hall–Kier alpha value is -3.25. The fourth-order valence-electron chi connectivity index (χ4n) is 2.54. The largest absolute Gasteiger partial charge is 0.271 e. The summed E-state index contributed by atoms with van der Waals surface area (Å²) in [6.07, 6.45) is 0. The summed E-state index contributed by atoms with van der Waals surface area (Å²) in [6, 6.07) is 21.4. The molecule has 1 aromatic heterocycles. The third-order valence-electron chi connectivity index (χ3n) is 3.95. The average Bonchev–Trinajstić information content (AvgIpc) is 3.18. The molecule has 0 saturated carbocycles. The maximum Gasteiger partial charge on any atom is 0.271 e. The topological polar surface area (TPSA) is 105 Å². The third-order valence-corrected chi connectivity index (χ3v) is 5.61. The van der Waals surface area contributed by atoms with Crippen LogP contribution in [0.2, 0.25) is 0 Å². The lowest BCUT2D eigenvalue weighted by atomic mass is 10.2. The van der Waals surface area contributed by atoms with Gasteiger partial charge in [-0.3, -0.25) is 15.5 Å². The van der Waals surface area contributed by atoms with Crippen LogP contribution in [0.25, 0.3) is 10.2 Å². The van der Waals surface area contributed by atoms with E-state index in [0.717, 1.165) is 19.4 Å². The standard InChI is InChI=1S/C20H13IN6O2S/c21-14-10-8-13(9-11-14)19(24-23-15-4-3-5-16(12-15)27(28)29)25-26-20-22-17-6-1-2-7-18(17)30-20/h1-12H,(H,22,26). The van der Waals surface area contributed by atoms with Gasteiger partial charge in [-0.2, -0.15) is 5.10 Å². The van der Waals surface area contributed by atoms with E-state index in [0.29, 0.717) is 16.7 Å². The molecule has 10 heteroatoms. The number of azo groups is 1. The van der Waals surface area contributed by atoms with Gasteiger partial charge >= 0.3 is 0 Å². The molecule has 0 aliphatic heterocycles. The van der Waals surface area contributed by atoms with Gasteiger partial charge < -0.3 is 0 Å². The Morgan fingerprint density at radius 1 is 1.07 bits per heavy atom. The highest BCUT2D eigenvalue weighted by Gasteiger charge is 2.08. The molecule has 0 bridgehead atoms. The molecule has 30 heavy (non-hydrogen) atoms. The number of rotatable bonds is 5. The minimum absolute atomic E-state index is 0.0493. The quantitative estimate of drug-likeness (QED) is 0.0812. The molecule has 0 amide bonds. The Balaban J connectivity index is 1.65. The van der Waals surface area contributed by atoms with Gasteiger partial charge in [0, 0.05) is 21.3 Å². The minimum Gasteiger partial charge on any atom is -0.258 e. The van der Waals surface area contributed by atoms with Gasteiger partial charge in [0.1, 0.15) is 0 Å². The molecule has 4 aromatic rings. The number of benzene rings is 3. The number of thiazole rings is 1. The van der Waals surface area contributed by atoms with Crippen molar-refractivity contribution < 1.29 is 4.92 Å². The molecule has 0 atom stereocenters. The fourth-order valence-corrected chi connectivity index (χ4v) is 3.71. The number of amidine groups is 1. The van der Waals surface area contributed by atoms with Crippen LogP contribution in [0, 0.1) is 13.7 Å². The highest BCUT2D eigenvalue weighted by molar-refractivity contribution is 14.1. The fraction of sp³-hybridized carbons (Fsp3) is 0. The number of para-hydroxylation sites is 1. The number of nitrogens with one attached hydrogen (secondary N) is 1. The molecule has 0 aliphatic carbocycles. The zero-order chi connectivity index (χ0) is 20.9. The van der Waals surface area contributed by atoms with E-state index in [1.165, 1.54) is 23.5 Å². The van der Waals surface area contributed by atoms with Crippen LogP contribution in [0.5, 0.6) is 0 Å².